The summed E-state index contributed by atoms with van der Waals surface area (Å²) in [6.45, 7) is 4.79. The molecule has 0 N–H and O–H groups in total. The maximum atomic E-state index is 12.3. The van der Waals surface area contributed by atoms with Crippen LogP contribution >= 0.6 is 0 Å². The lowest BCUT2D eigenvalue weighted by Crippen LogP contribution is -2.39. The van der Waals surface area contributed by atoms with Crippen molar-refractivity contribution in [1.29, 1.82) is 0 Å². The monoisotopic (exact) mass is 163 g/mol. The summed E-state index contributed by atoms with van der Waals surface area (Å²) in [5.74, 6) is 0. The summed E-state index contributed by atoms with van der Waals surface area (Å²) in [5, 5.41) is 0. The first-order chi connectivity index (χ1) is 5.13. The predicted molar refractivity (Wildman–Crippen MR) is 40.9 cm³/mol. The van der Waals surface area contributed by atoms with Gasteiger partial charge in [-0.1, -0.05) is 0 Å². The Morgan fingerprint density at radius 3 is 2.36 bits per heavy atom. The molecule has 1 atom stereocenters. The summed E-state index contributed by atoms with van der Waals surface area (Å²) in [6.07, 6.45) is -0.580. The first-order valence-corrected chi connectivity index (χ1v) is 4.17. The van der Waals surface area contributed by atoms with Gasteiger partial charge in [0.05, 0.1) is 6.04 Å². The van der Waals surface area contributed by atoms with E-state index < -0.39 is 12.5 Å². The molecule has 0 aromatic heterocycles. The summed E-state index contributed by atoms with van der Waals surface area (Å²) in [4.78, 5) is 1.89. The van der Waals surface area contributed by atoms with Gasteiger partial charge in [0.15, 0.2) is 0 Å². The maximum Gasteiger partial charge on any atom is 0.253 e. The van der Waals surface area contributed by atoms with E-state index in [-0.39, 0.29) is 6.04 Å². The summed E-state index contributed by atoms with van der Waals surface area (Å²) >= 11 is 0. The molecular formula is C8H15F2N. The molecule has 0 spiro atoms. The summed E-state index contributed by atoms with van der Waals surface area (Å²) in [6, 6.07) is -0.216. The smallest absolute Gasteiger partial charge is 0.253 e. The summed E-state index contributed by atoms with van der Waals surface area (Å²) < 4.78 is 24.6. The molecular weight excluding hydrogens is 148 g/mol. The molecule has 1 rings (SSSR count). The molecule has 0 aliphatic carbocycles. The van der Waals surface area contributed by atoms with Gasteiger partial charge in [-0.2, -0.15) is 0 Å². The molecule has 0 radical (unpaired) electrons. The topological polar surface area (TPSA) is 3.24 Å². The highest BCUT2D eigenvalue weighted by Crippen LogP contribution is 2.24. The van der Waals surface area contributed by atoms with Crippen molar-refractivity contribution in [3.05, 3.63) is 0 Å². The van der Waals surface area contributed by atoms with Crippen LogP contribution in [0, 0.1) is 0 Å². The molecule has 1 fully saturated rings. The zero-order valence-electron chi connectivity index (χ0n) is 7.06. The average Bonchev–Trinajstić information content (AvgIpc) is 2.32. The van der Waals surface area contributed by atoms with Gasteiger partial charge in [-0.3, -0.25) is 4.90 Å². The fraction of sp³-hybridized carbons (Fsp3) is 1.00. The minimum Gasteiger partial charge on any atom is -0.293 e. The molecule has 1 aliphatic rings. The second-order valence-electron chi connectivity index (χ2n) is 3.38. The molecule has 0 saturated carbocycles. The molecule has 3 heteroatoms. The van der Waals surface area contributed by atoms with Crippen molar-refractivity contribution in [3.63, 3.8) is 0 Å². The third kappa shape index (κ3) is 1.89. The molecule has 0 aromatic carbocycles. The van der Waals surface area contributed by atoms with E-state index in [2.05, 4.69) is 0 Å². The van der Waals surface area contributed by atoms with Gasteiger partial charge in [0.25, 0.3) is 6.43 Å². The normalized spacial score (nSPS) is 27.3. The van der Waals surface area contributed by atoms with Gasteiger partial charge in [0, 0.05) is 6.04 Å². The van der Waals surface area contributed by atoms with Crippen LogP contribution in [-0.2, 0) is 0 Å². The quantitative estimate of drug-likeness (QED) is 0.602. The van der Waals surface area contributed by atoms with Crippen molar-refractivity contribution in [2.75, 3.05) is 6.54 Å². The van der Waals surface area contributed by atoms with Crippen molar-refractivity contribution in [3.8, 4) is 0 Å². The van der Waals surface area contributed by atoms with Gasteiger partial charge in [0.1, 0.15) is 0 Å². The Balaban J connectivity index is 2.51. The lowest BCUT2D eigenvalue weighted by atomic mass is 10.2. The number of alkyl halides is 2. The molecule has 1 unspecified atom stereocenters. The number of rotatable bonds is 2. The average molecular weight is 163 g/mol. The molecule has 11 heavy (non-hydrogen) atoms. The Morgan fingerprint density at radius 1 is 1.36 bits per heavy atom. The largest absolute Gasteiger partial charge is 0.293 e. The third-order valence-electron chi connectivity index (χ3n) is 2.30. The van der Waals surface area contributed by atoms with Crippen molar-refractivity contribution in [2.45, 2.75) is 45.2 Å². The van der Waals surface area contributed by atoms with E-state index in [0.717, 1.165) is 13.0 Å². The minimum absolute atomic E-state index is 0.261. The van der Waals surface area contributed by atoms with E-state index in [1.165, 1.54) is 0 Å². The summed E-state index contributed by atoms with van der Waals surface area (Å²) in [7, 11) is 0. The molecule has 66 valence electrons. The second-order valence-corrected chi connectivity index (χ2v) is 3.38. The first kappa shape index (κ1) is 8.91. The van der Waals surface area contributed by atoms with E-state index in [4.69, 9.17) is 0 Å². The Morgan fingerprint density at radius 2 is 2.00 bits per heavy atom. The Kier molecular flexibility index (Phi) is 2.82. The van der Waals surface area contributed by atoms with Crippen LogP contribution in [-0.4, -0.2) is 30.0 Å². The molecule has 0 aromatic rings. The maximum absolute atomic E-state index is 12.3. The molecule has 0 bridgehead atoms. The number of likely N-dealkylation sites (tertiary alicyclic amines) is 1. The first-order valence-electron chi connectivity index (χ1n) is 4.17. The summed E-state index contributed by atoms with van der Waals surface area (Å²) in [5.41, 5.74) is 0. The van der Waals surface area contributed by atoms with Crippen molar-refractivity contribution in [1.82, 2.24) is 4.90 Å². The van der Waals surface area contributed by atoms with Crippen LogP contribution < -0.4 is 0 Å². The van der Waals surface area contributed by atoms with Crippen molar-refractivity contribution in [2.24, 2.45) is 0 Å². The van der Waals surface area contributed by atoms with Gasteiger partial charge < -0.3 is 0 Å². The lowest BCUT2D eigenvalue weighted by molar-refractivity contribution is 0.0339. The Labute approximate surface area is 66.4 Å². The number of halogens is 2. The molecule has 1 aliphatic heterocycles. The number of hydrogen-bond acceptors (Lipinski definition) is 1. The fourth-order valence-electron chi connectivity index (χ4n) is 1.73. The van der Waals surface area contributed by atoms with E-state index in [0.29, 0.717) is 6.42 Å². The van der Waals surface area contributed by atoms with Crippen LogP contribution in [0.1, 0.15) is 26.7 Å². The van der Waals surface area contributed by atoms with Gasteiger partial charge >= 0.3 is 0 Å². The molecule has 1 nitrogen and oxygen atoms in total. The zero-order chi connectivity index (χ0) is 8.43. The van der Waals surface area contributed by atoms with Crippen LogP contribution in [0.2, 0.25) is 0 Å². The van der Waals surface area contributed by atoms with Gasteiger partial charge in [0.2, 0.25) is 0 Å². The lowest BCUT2D eigenvalue weighted by Gasteiger charge is -2.27. The molecule has 1 heterocycles. The highest BCUT2D eigenvalue weighted by Gasteiger charge is 2.32. The molecule has 0 amide bonds. The SMILES string of the molecule is CC(C)N1CCCC1C(F)F. The van der Waals surface area contributed by atoms with Crippen LogP contribution in [0.3, 0.4) is 0 Å². The van der Waals surface area contributed by atoms with Gasteiger partial charge in [-0.05, 0) is 33.2 Å². The Bertz CT molecular complexity index is 111. The van der Waals surface area contributed by atoms with Crippen molar-refractivity contribution < 1.29 is 8.78 Å². The second kappa shape index (κ2) is 3.48. The standard InChI is InChI=1S/C8H15F2N/c1-6(2)11-5-3-4-7(11)8(9)10/h6-8H,3-5H2,1-2H3. The highest BCUT2D eigenvalue weighted by molar-refractivity contribution is 4.82. The number of hydrogen-bond donors (Lipinski definition) is 0. The predicted octanol–water partition coefficient (Wildman–Crippen LogP) is 2.12. The fourth-order valence-corrected chi connectivity index (χ4v) is 1.73. The Hall–Kier alpha value is -0.180. The van der Waals surface area contributed by atoms with Gasteiger partial charge in [-0.25, -0.2) is 8.78 Å². The van der Waals surface area contributed by atoms with Crippen LogP contribution in [0.15, 0.2) is 0 Å². The minimum atomic E-state index is -2.17. The zero-order valence-corrected chi connectivity index (χ0v) is 7.06. The van der Waals surface area contributed by atoms with Crippen LogP contribution in [0.5, 0.6) is 0 Å². The van der Waals surface area contributed by atoms with Gasteiger partial charge in [-0.15, -0.1) is 0 Å². The van der Waals surface area contributed by atoms with E-state index in [9.17, 15) is 8.78 Å². The third-order valence-corrected chi connectivity index (χ3v) is 2.30. The van der Waals surface area contributed by atoms with Crippen molar-refractivity contribution >= 4 is 0 Å². The number of nitrogens with zero attached hydrogens (tertiary/aromatic N) is 1. The van der Waals surface area contributed by atoms with E-state index >= 15 is 0 Å². The van der Waals surface area contributed by atoms with Crippen LogP contribution in [0.25, 0.3) is 0 Å². The van der Waals surface area contributed by atoms with E-state index in [1.807, 2.05) is 18.7 Å². The van der Waals surface area contributed by atoms with E-state index in [1.54, 1.807) is 0 Å². The molecule has 1 saturated heterocycles. The van der Waals surface area contributed by atoms with Crippen LogP contribution in [0.4, 0.5) is 8.78 Å². The highest BCUT2D eigenvalue weighted by atomic mass is 19.3.